The number of hydrogen-bond donors (Lipinski definition) is 2. The number of aliphatic carboxylic acids is 1. The highest BCUT2D eigenvalue weighted by Crippen LogP contribution is 2.58. The van der Waals surface area contributed by atoms with Gasteiger partial charge in [-0.25, -0.2) is 0 Å². The van der Waals surface area contributed by atoms with Crippen LogP contribution in [0.5, 0.6) is 0 Å². The zero-order valence-corrected chi connectivity index (χ0v) is 11.4. The van der Waals surface area contributed by atoms with E-state index in [1.165, 1.54) is 12.8 Å². The van der Waals surface area contributed by atoms with Crippen molar-refractivity contribution < 1.29 is 19.4 Å². The molecule has 1 aliphatic heterocycles. The Labute approximate surface area is 112 Å². The first-order valence-corrected chi connectivity index (χ1v) is 7.07. The summed E-state index contributed by atoms with van der Waals surface area (Å²) in [6.07, 6.45) is 3.36. The van der Waals surface area contributed by atoms with Crippen LogP contribution in [0.3, 0.4) is 0 Å². The van der Waals surface area contributed by atoms with Crippen LogP contribution in [0.4, 0.5) is 0 Å². The topological polar surface area (TPSA) is 75.6 Å². The highest BCUT2D eigenvalue weighted by molar-refractivity contribution is 5.91. The molecule has 0 radical (unpaired) electrons. The predicted molar refractivity (Wildman–Crippen MR) is 67.4 cm³/mol. The number of nitrogens with one attached hydrogen (secondary N) is 1. The minimum absolute atomic E-state index is 0.0749. The third-order valence-electron chi connectivity index (χ3n) is 4.93. The number of carboxylic acids is 1. The molecule has 1 amide bonds. The zero-order chi connectivity index (χ0) is 13.8. The highest BCUT2D eigenvalue weighted by Gasteiger charge is 2.66. The van der Waals surface area contributed by atoms with E-state index in [9.17, 15) is 9.59 Å². The molecule has 0 aromatic carbocycles. The third-order valence-corrected chi connectivity index (χ3v) is 4.93. The summed E-state index contributed by atoms with van der Waals surface area (Å²) < 4.78 is 5.69. The molecule has 5 nitrogen and oxygen atoms in total. The Morgan fingerprint density at radius 3 is 2.42 bits per heavy atom. The van der Waals surface area contributed by atoms with Crippen molar-refractivity contribution in [1.29, 1.82) is 0 Å². The van der Waals surface area contributed by atoms with E-state index in [0.29, 0.717) is 12.5 Å². The second-order valence-corrected chi connectivity index (χ2v) is 6.69. The van der Waals surface area contributed by atoms with Crippen molar-refractivity contribution in [1.82, 2.24) is 5.32 Å². The Kier molecular flexibility index (Phi) is 2.85. The van der Waals surface area contributed by atoms with Crippen LogP contribution in [-0.4, -0.2) is 35.7 Å². The molecule has 3 fully saturated rings. The standard InChI is InChI=1S/C14H21NO4/c1-14(2)9(10(14)13(17)18)12(16)15-8-5-6-19-11(8)7-3-4-7/h7-11H,3-6H2,1-2H3,(H,15,16)(H,17,18)/t8?,9-,10+,11?/m1/s1. The molecule has 3 aliphatic rings. The number of ether oxygens (including phenoxy) is 1. The molecule has 2 aliphatic carbocycles. The Balaban J connectivity index is 1.61. The zero-order valence-electron chi connectivity index (χ0n) is 11.4. The first-order chi connectivity index (χ1) is 8.93. The van der Waals surface area contributed by atoms with Gasteiger partial charge in [0, 0.05) is 6.61 Å². The van der Waals surface area contributed by atoms with Gasteiger partial charge < -0.3 is 15.2 Å². The lowest BCUT2D eigenvalue weighted by Crippen LogP contribution is -2.42. The molecule has 2 N–H and O–H groups in total. The molecule has 2 unspecified atom stereocenters. The van der Waals surface area contributed by atoms with Crippen molar-refractivity contribution in [2.45, 2.75) is 45.3 Å². The molecule has 0 aromatic rings. The Bertz CT molecular complexity index is 416. The fraction of sp³-hybridized carbons (Fsp3) is 0.857. The van der Waals surface area contributed by atoms with E-state index in [1.807, 2.05) is 13.8 Å². The van der Waals surface area contributed by atoms with Crippen molar-refractivity contribution >= 4 is 11.9 Å². The van der Waals surface area contributed by atoms with E-state index >= 15 is 0 Å². The van der Waals surface area contributed by atoms with E-state index in [-0.39, 0.29) is 18.1 Å². The maximum absolute atomic E-state index is 12.3. The van der Waals surface area contributed by atoms with Gasteiger partial charge in [0.2, 0.25) is 5.91 Å². The van der Waals surface area contributed by atoms with Crippen molar-refractivity contribution in [3.05, 3.63) is 0 Å². The number of rotatable bonds is 4. The van der Waals surface area contributed by atoms with Crippen LogP contribution in [-0.2, 0) is 14.3 Å². The smallest absolute Gasteiger partial charge is 0.307 e. The SMILES string of the molecule is CC1(C)[C@H](C(=O)O)[C@@H]1C(=O)NC1CCOC1C1CC1. The van der Waals surface area contributed by atoms with Crippen LogP contribution in [0, 0.1) is 23.2 Å². The van der Waals surface area contributed by atoms with Gasteiger partial charge in [0.05, 0.1) is 24.0 Å². The summed E-state index contributed by atoms with van der Waals surface area (Å²) in [7, 11) is 0. The monoisotopic (exact) mass is 267 g/mol. The fourth-order valence-electron chi connectivity index (χ4n) is 3.52. The lowest BCUT2D eigenvalue weighted by molar-refractivity contribution is -0.140. The Morgan fingerprint density at radius 1 is 1.21 bits per heavy atom. The molecule has 0 spiro atoms. The number of carbonyl (C=O) groups is 2. The summed E-state index contributed by atoms with van der Waals surface area (Å²) in [5.41, 5.74) is -0.426. The van der Waals surface area contributed by atoms with Crippen LogP contribution in [0.25, 0.3) is 0 Å². The second-order valence-electron chi connectivity index (χ2n) is 6.69. The molecular formula is C14H21NO4. The van der Waals surface area contributed by atoms with Crippen molar-refractivity contribution in [2.75, 3.05) is 6.61 Å². The number of carbonyl (C=O) groups excluding carboxylic acids is 1. The second kappa shape index (κ2) is 4.20. The molecule has 0 bridgehead atoms. The lowest BCUT2D eigenvalue weighted by atomic mass is 10.0. The van der Waals surface area contributed by atoms with Crippen LogP contribution in [0.15, 0.2) is 0 Å². The fourth-order valence-corrected chi connectivity index (χ4v) is 3.52. The number of hydrogen-bond acceptors (Lipinski definition) is 3. The molecule has 2 saturated carbocycles. The predicted octanol–water partition coefficient (Wildman–Crippen LogP) is 1.03. The number of carboxylic acid groups (broad SMARTS) is 1. The Morgan fingerprint density at radius 2 is 1.89 bits per heavy atom. The van der Waals surface area contributed by atoms with E-state index < -0.39 is 23.2 Å². The summed E-state index contributed by atoms with van der Waals surface area (Å²) in [6.45, 7) is 4.39. The maximum Gasteiger partial charge on any atom is 0.307 e. The molecule has 5 heteroatoms. The molecular weight excluding hydrogens is 246 g/mol. The van der Waals surface area contributed by atoms with E-state index in [1.54, 1.807) is 0 Å². The van der Waals surface area contributed by atoms with Gasteiger partial charge in [-0.1, -0.05) is 13.8 Å². The first kappa shape index (κ1) is 12.9. The maximum atomic E-state index is 12.3. The lowest BCUT2D eigenvalue weighted by Gasteiger charge is -2.19. The molecule has 4 atom stereocenters. The normalized spacial score (nSPS) is 39.9. The molecule has 1 heterocycles. The van der Waals surface area contributed by atoms with Crippen LogP contribution >= 0.6 is 0 Å². The first-order valence-electron chi connectivity index (χ1n) is 7.07. The van der Waals surface area contributed by atoms with Gasteiger partial charge in [-0.15, -0.1) is 0 Å². The van der Waals surface area contributed by atoms with Crippen LogP contribution in [0.1, 0.15) is 33.1 Å². The van der Waals surface area contributed by atoms with Gasteiger partial charge in [0.1, 0.15) is 0 Å². The van der Waals surface area contributed by atoms with Crippen molar-refractivity contribution in [3.63, 3.8) is 0 Å². The molecule has 1 saturated heterocycles. The molecule has 0 aromatic heterocycles. The van der Waals surface area contributed by atoms with Gasteiger partial charge in [0.15, 0.2) is 0 Å². The summed E-state index contributed by atoms with van der Waals surface area (Å²) in [5.74, 6) is -1.33. The van der Waals surface area contributed by atoms with Crippen LogP contribution < -0.4 is 5.32 Å². The third kappa shape index (κ3) is 2.14. The molecule has 106 valence electrons. The van der Waals surface area contributed by atoms with Gasteiger partial charge in [-0.3, -0.25) is 9.59 Å². The minimum atomic E-state index is -0.869. The van der Waals surface area contributed by atoms with E-state index in [4.69, 9.17) is 9.84 Å². The van der Waals surface area contributed by atoms with Crippen molar-refractivity contribution in [3.8, 4) is 0 Å². The molecule has 19 heavy (non-hydrogen) atoms. The quantitative estimate of drug-likeness (QED) is 0.797. The van der Waals surface area contributed by atoms with Crippen molar-refractivity contribution in [2.24, 2.45) is 23.2 Å². The van der Waals surface area contributed by atoms with Crippen LogP contribution in [0.2, 0.25) is 0 Å². The van der Waals surface area contributed by atoms with Gasteiger partial charge in [0.25, 0.3) is 0 Å². The Hall–Kier alpha value is -1.10. The highest BCUT2D eigenvalue weighted by atomic mass is 16.5. The summed E-state index contributed by atoms with van der Waals surface area (Å²) in [5, 5.41) is 12.1. The van der Waals surface area contributed by atoms with E-state index in [2.05, 4.69) is 5.32 Å². The minimum Gasteiger partial charge on any atom is -0.481 e. The number of amides is 1. The summed E-state index contributed by atoms with van der Waals surface area (Å²) >= 11 is 0. The average molecular weight is 267 g/mol. The van der Waals surface area contributed by atoms with Gasteiger partial charge >= 0.3 is 5.97 Å². The van der Waals surface area contributed by atoms with Gasteiger partial charge in [-0.05, 0) is 30.6 Å². The van der Waals surface area contributed by atoms with E-state index in [0.717, 1.165) is 6.42 Å². The average Bonchev–Trinajstić information content (AvgIpc) is 3.18. The molecule has 3 rings (SSSR count). The largest absolute Gasteiger partial charge is 0.481 e. The van der Waals surface area contributed by atoms with Gasteiger partial charge in [-0.2, -0.15) is 0 Å². The summed E-state index contributed by atoms with van der Waals surface area (Å²) in [6, 6.07) is 0.0749. The summed E-state index contributed by atoms with van der Waals surface area (Å²) in [4.78, 5) is 23.4.